The van der Waals surface area contributed by atoms with E-state index < -0.39 is 0 Å². The van der Waals surface area contributed by atoms with E-state index in [1.807, 2.05) is 48.8 Å². The van der Waals surface area contributed by atoms with Crippen LogP contribution < -0.4 is 0 Å². The molecule has 0 bridgehead atoms. The van der Waals surface area contributed by atoms with Crippen molar-refractivity contribution in [1.29, 1.82) is 0 Å². The van der Waals surface area contributed by atoms with E-state index in [-0.39, 0.29) is 0 Å². The molecule has 0 fully saturated rings. The molecule has 0 atom stereocenters. The number of aromatic nitrogens is 6. The van der Waals surface area contributed by atoms with Gasteiger partial charge in [-0.15, -0.1) is 0 Å². The highest BCUT2D eigenvalue weighted by molar-refractivity contribution is 6.28. The van der Waals surface area contributed by atoms with Gasteiger partial charge in [-0.1, -0.05) is 97.1 Å². The summed E-state index contributed by atoms with van der Waals surface area (Å²) in [4.78, 5) is 14.8. The van der Waals surface area contributed by atoms with Gasteiger partial charge in [0.05, 0.1) is 38.7 Å². The van der Waals surface area contributed by atoms with E-state index in [1.54, 1.807) is 0 Å². The highest BCUT2D eigenvalue weighted by Gasteiger charge is 2.21. The lowest BCUT2D eigenvalue weighted by Crippen LogP contribution is -1.99. The molecule has 6 nitrogen and oxygen atoms in total. The molecule has 4 heterocycles. The van der Waals surface area contributed by atoms with Gasteiger partial charge < -0.3 is 9.13 Å². The van der Waals surface area contributed by atoms with Crippen molar-refractivity contribution >= 4 is 54.6 Å². The van der Waals surface area contributed by atoms with Gasteiger partial charge in [-0.25, -0.2) is 15.0 Å². The molecule has 0 aliphatic heterocycles. The molecule has 0 saturated heterocycles. The molecular formula is C47H30N6. The van der Waals surface area contributed by atoms with Gasteiger partial charge in [0.25, 0.3) is 0 Å². The van der Waals surface area contributed by atoms with Gasteiger partial charge >= 0.3 is 0 Å². The monoisotopic (exact) mass is 678 g/mol. The topological polar surface area (TPSA) is 53.5 Å². The van der Waals surface area contributed by atoms with Gasteiger partial charge in [0.15, 0.2) is 5.82 Å². The first-order valence-electron chi connectivity index (χ1n) is 17.8. The van der Waals surface area contributed by atoms with Crippen molar-refractivity contribution in [1.82, 2.24) is 28.7 Å². The third kappa shape index (κ3) is 4.49. The lowest BCUT2D eigenvalue weighted by molar-refractivity contribution is 1.08. The molecule has 248 valence electrons. The standard InChI is InChI=1S/C47H30N6/c1-3-15-33(16-4-1)51-39-23-10-7-20-36(39)44-42(51)26-27-43-45(44)37-21-8-11-24-40(37)52(43)35-19-13-14-31(28-35)46-48-29-32(30-49-46)47-50-38-22-9-12-25-41(38)53(47)34-17-5-2-6-18-34/h1-30H. The van der Waals surface area contributed by atoms with Crippen LogP contribution in [0.3, 0.4) is 0 Å². The highest BCUT2D eigenvalue weighted by Crippen LogP contribution is 2.42. The first kappa shape index (κ1) is 29.4. The van der Waals surface area contributed by atoms with Crippen LogP contribution in [0.1, 0.15) is 0 Å². The van der Waals surface area contributed by atoms with Crippen LogP contribution in [0.25, 0.3) is 94.5 Å². The molecule has 53 heavy (non-hydrogen) atoms. The Morgan fingerprint density at radius 1 is 0.358 bits per heavy atom. The maximum atomic E-state index is 5.00. The third-order valence-corrected chi connectivity index (χ3v) is 10.3. The Labute approximate surface area is 304 Å². The number of benzene rings is 7. The molecule has 0 unspecified atom stereocenters. The number of hydrogen-bond donors (Lipinski definition) is 0. The first-order valence-corrected chi connectivity index (χ1v) is 17.8. The Morgan fingerprint density at radius 2 is 0.868 bits per heavy atom. The van der Waals surface area contributed by atoms with Gasteiger partial charge in [0, 0.05) is 56.6 Å². The molecule has 11 aromatic rings. The predicted molar refractivity (Wildman–Crippen MR) is 216 cm³/mol. The molecule has 11 rings (SSSR count). The average Bonchev–Trinajstić information content (AvgIpc) is 3.90. The Balaban J connectivity index is 1.06. The van der Waals surface area contributed by atoms with Crippen LogP contribution in [0.4, 0.5) is 0 Å². The van der Waals surface area contributed by atoms with Gasteiger partial charge in [-0.2, -0.15) is 0 Å². The Morgan fingerprint density at radius 3 is 1.51 bits per heavy atom. The van der Waals surface area contributed by atoms with Crippen LogP contribution in [-0.4, -0.2) is 28.7 Å². The molecule has 0 N–H and O–H groups in total. The van der Waals surface area contributed by atoms with Crippen molar-refractivity contribution in [2.45, 2.75) is 0 Å². The maximum Gasteiger partial charge on any atom is 0.159 e. The Bertz CT molecular complexity index is 3150. The van der Waals surface area contributed by atoms with Gasteiger partial charge in [0.2, 0.25) is 0 Å². The molecular weight excluding hydrogens is 649 g/mol. The molecule has 0 aliphatic carbocycles. The second kappa shape index (κ2) is 11.6. The molecule has 0 radical (unpaired) electrons. The molecule has 0 spiro atoms. The second-order valence-corrected chi connectivity index (χ2v) is 13.3. The van der Waals surface area contributed by atoms with E-state index in [9.17, 15) is 0 Å². The Kier molecular flexibility index (Phi) is 6.45. The van der Waals surface area contributed by atoms with Crippen LogP contribution in [0.15, 0.2) is 182 Å². The normalized spacial score (nSPS) is 11.8. The summed E-state index contributed by atoms with van der Waals surface area (Å²) in [6.07, 6.45) is 3.77. The lowest BCUT2D eigenvalue weighted by atomic mass is 10.1. The summed E-state index contributed by atoms with van der Waals surface area (Å²) in [5.74, 6) is 1.47. The number of hydrogen-bond acceptors (Lipinski definition) is 3. The molecule has 6 heteroatoms. The maximum absolute atomic E-state index is 5.00. The first-order chi connectivity index (χ1) is 26.3. The number of rotatable bonds is 5. The van der Waals surface area contributed by atoms with E-state index in [4.69, 9.17) is 15.0 Å². The minimum Gasteiger partial charge on any atom is -0.309 e. The van der Waals surface area contributed by atoms with Crippen molar-refractivity contribution in [2.24, 2.45) is 0 Å². The van der Waals surface area contributed by atoms with E-state index in [1.165, 1.54) is 32.6 Å². The number of imidazole rings is 1. The minimum atomic E-state index is 0.659. The van der Waals surface area contributed by atoms with Crippen molar-refractivity contribution in [2.75, 3.05) is 0 Å². The zero-order valence-electron chi connectivity index (χ0n) is 28.5. The van der Waals surface area contributed by atoms with Gasteiger partial charge in [-0.3, -0.25) is 4.57 Å². The lowest BCUT2D eigenvalue weighted by Gasteiger charge is -2.11. The van der Waals surface area contributed by atoms with Crippen LogP contribution >= 0.6 is 0 Å². The Hall–Kier alpha value is -7.31. The third-order valence-electron chi connectivity index (χ3n) is 10.3. The van der Waals surface area contributed by atoms with Crippen LogP contribution in [0.2, 0.25) is 0 Å². The van der Waals surface area contributed by atoms with Gasteiger partial charge in [-0.05, 0) is 72.8 Å². The largest absolute Gasteiger partial charge is 0.309 e. The fourth-order valence-electron chi connectivity index (χ4n) is 8.09. The smallest absolute Gasteiger partial charge is 0.159 e. The summed E-state index contributed by atoms with van der Waals surface area (Å²) in [5, 5.41) is 4.96. The average molecular weight is 679 g/mol. The summed E-state index contributed by atoms with van der Waals surface area (Å²) in [6, 6.07) is 59.7. The number of nitrogens with zero attached hydrogens (tertiary/aromatic N) is 6. The quantitative estimate of drug-likeness (QED) is 0.182. The number of fused-ring (bicyclic) bond motifs is 8. The van der Waals surface area contributed by atoms with E-state index in [0.717, 1.165) is 56.1 Å². The van der Waals surface area contributed by atoms with Crippen molar-refractivity contribution < 1.29 is 0 Å². The van der Waals surface area contributed by atoms with Crippen molar-refractivity contribution in [3.8, 4) is 39.8 Å². The van der Waals surface area contributed by atoms with Crippen molar-refractivity contribution in [3.63, 3.8) is 0 Å². The van der Waals surface area contributed by atoms with E-state index >= 15 is 0 Å². The molecule has 7 aromatic carbocycles. The molecule has 0 aliphatic rings. The predicted octanol–water partition coefficient (Wildman–Crippen LogP) is 11.3. The number of para-hydroxylation sites is 6. The van der Waals surface area contributed by atoms with Crippen molar-refractivity contribution in [3.05, 3.63) is 182 Å². The summed E-state index contributed by atoms with van der Waals surface area (Å²) in [5.41, 5.74) is 11.7. The summed E-state index contributed by atoms with van der Waals surface area (Å²) >= 11 is 0. The van der Waals surface area contributed by atoms with Crippen LogP contribution in [-0.2, 0) is 0 Å². The van der Waals surface area contributed by atoms with Crippen LogP contribution in [0.5, 0.6) is 0 Å². The minimum absolute atomic E-state index is 0.659. The SMILES string of the molecule is c1ccc(-n2c(-c3cnc(-c4cccc(-n5c6ccccc6c6c7c8ccccc8n(-c8ccccc8)c7ccc65)c4)nc3)nc3ccccc32)cc1. The summed E-state index contributed by atoms with van der Waals surface area (Å²) in [6.45, 7) is 0. The highest BCUT2D eigenvalue weighted by atomic mass is 15.1. The zero-order chi connectivity index (χ0) is 34.9. The summed E-state index contributed by atoms with van der Waals surface area (Å²) in [7, 11) is 0. The molecule has 4 aromatic heterocycles. The van der Waals surface area contributed by atoms with Crippen LogP contribution in [0, 0.1) is 0 Å². The zero-order valence-corrected chi connectivity index (χ0v) is 28.5. The van der Waals surface area contributed by atoms with E-state index in [2.05, 4.69) is 147 Å². The summed E-state index contributed by atoms with van der Waals surface area (Å²) < 4.78 is 6.93. The van der Waals surface area contributed by atoms with E-state index in [0.29, 0.717) is 5.82 Å². The second-order valence-electron chi connectivity index (χ2n) is 13.3. The molecule has 0 saturated carbocycles. The van der Waals surface area contributed by atoms with Gasteiger partial charge in [0.1, 0.15) is 5.82 Å². The fourth-order valence-corrected chi connectivity index (χ4v) is 8.09. The molecule has 0 amide bonds. The fraction of sp³-hybridized carbons (Fsp3) is 0.